The maximum atomic E-state index is 12.0. The third-order valence-corrected chi connectivity index (χ3v) is 4.82. The van der Waals surface area contributed by atoms with Gasteiger partial charge in [-0.15, -0.1) is 0 Å². The smallest absolute Gasteiger partial charge is 0.307 e. The minimum atomic E-state index is -0.445. The molecule has 0 fully saturated rings. The van der Waals surface area contributed by atoms with Gasteiger partial charge in [0, 0.05) is 0 Å². The van der Waals surface area contributed by atoms with Crippen molar-refractivity contribution in [3.63, 3.8) is 0 Å². The number of amides is 2. The molecule has 8 nitrogen and oxygen atoms in total. The first-order valence-corrected chi connectivity index (χ1v) is 10.2. The van der Waals surface area contributed by atoms with Crippen LogP contribution in [0, 0.1) is 0 Å². The Balaban J connectivity index is 1.61. The van der Waals surface area contributed by atoms with Gasteiger partial charge in [0.25, 0.3) is 0 Å². The molecule has 0 aliphatic rings. The van der Waals surface area contributed by atoms with Gasteiger partial charge in [-0.3, -0.25) is 9.59 Å². The summed E-state index contributed by atoms with van der Waals surface area (Å²) in [7, 11) is 0. The number of carbonyl (C=O) groups is 2. The molecule has 2 N–H and O–H groups in total. The average molecular weight is 536 g/mol. The molecule has 0 unspecified atom stereocenters. The summed E-state index contributed by atoms with van der Waals surface area (Å²) >= 11 is 6.29. The summed E-state index contributed by atoms with van der Waals surface area (Å²) in [5, 5.41) is 8.18. The van der Waals surface area contributed by atoms with E-state index in [1.807, 2.05) is 24.3 Å². The number of nitrogens with one attached hydrogen (secondary N) is 2. The van der Waals surface area contributed by atoms with Gasteiger partial charge >= 0.3 is 11.8 Å². The second-order valence-electron chi connectivity index (χ2n) is 6.06. The molecule has 2 amide bonds. The molecular formula is C20H16Br2N4O4. The van der Waals surface area contributed by atoms with Crippen LogP contribution in [-0.4, -0.2) is 23.2 Å². The molecule has 0 aliphatic carbocycles. The molecule has 2 aromatic heterocycles. The zero-order valence-electron chi connectivity index (χ0n) is 15.9. The lowest BCUT2D eigenvalue weighted by Gasteiger charge is -2.05. The van der Waals surface area contributed by atoms with Gasteiger partial charge < -0.3 is 8.83 Å². The quantitative estimate of drug-likeness (QED) is 0.352. The summed E-state index contributed by atoms with van der Waals surface area (Å²) in [5.41, 5.74) is 7.77. The fourth-order valence-electron chi connectivity index (χ4n) is 2.33. The van der Waals surface area contributed by atoms with Crippen LogP contribution in [0.15, 0.2) is 76.9 Å². The van der Waals surface area contributed by atoms with Crippen LogP contribution in [0.25, 0.3) is 0 Å². The second-order valence-corrected chi connectivity index (χ2v) is 7.62. The van der Waals surface area contributed by atoms with E-state index in [2.05, 4.69) is 52.9 Å². The van der Waals surface area contributed by atoms with E-state index in [0.29, 0.717) is 20.8 Å². The van der Waals surface area contributed by atoms with E-state index in [4.69, 9.17) is 8.83 Å². The minimum absolute atomic E-state index is 0.157. The Morgan fingerprint density at radius 1 is 0.700 bits per heavy atom. The lowest BCUT2D eigenvalue weighted by atomic mass is 10.1. The number of halogens is 2. The third kappa shape index (κ3) is 5.55. The van der Waals surface area contributed by atoms with Gasteiger partial charge in [0.1, 0.15) is 0 Å². The molecule has 0 aliphatic heterocycles. The van der Waals surface area contributed by atoms with Crippen LogP contribution in [0.4, 0.5) is 0 Å². The predicted octanol–water partition coefficient (Wildman–Crippen LogP) is 4.71. The standard InChI is InChI=1S/C20H16Br2N4O4/c1-11(23-25-19(27)15-7-9-17(21)29-15)13-3-5-14(6-4-13)12(2)24-26-20(28)16-8-10-18(22)30-16/h3-10H,1-2H3,(H,25,27)(H,26,28). The molecule has 0 atom stereocenters. The molecule has 2 heterocycles. The molecule has 3 aromatic rings. The predicted molar refractivity (Wildman–Crippen MR) is 119 cm³/mol. The van der Waals surface area contributed by atoms with Crippen molar-refractivity contribution in [1.29, 1.82) is 0 Å². The minimum Gasteiger partial charge on any atom is -0.444 e. The van der Waals surface area contributed by atoms with Gasteiger partial charge in [-0.05, 0) is 81.1 Å². The monoisotopic (exact) mass is 534 g/mol. The molecule has 0 radical (unpaired) electrons. The van der Waals surface area contributed by atoms with Crippen LogP contribution in [0.1, 0.15) is 46.1 Å². The third-order valence-electron chi connectivity index (χ3n) is 3.96. The summed E-state index contributed by atoms with van der Waals surface area (Å²) < 4.78 is 11.3. The topological polar surface area (TPSA) is 109 Å². The van der Waals surface area contributed by atoms with E-state index in [-0.39, 0.29) is 11.5 Å². The Bertz CT molecular complexity index is 1040. The van der Waals surface area contributed by atoms with E-state index in [0.717, 1.165) is 11.1 Å². The van der Waals surface area contributed by atoms with Gasteiger partial charge in [0.05, 0.1) is 11.4 Å². The van der Waals surface area contributed by atoms with E-state index < -0.39 is 11.8 Å². The maximum Gasteiger partial charge on any atom is 0.307 e. The highest BCUT2D eigenvalue weighted by Gasteiger charge is 2.11. The van der Waals surface area contributed by atoms with Gasteiger partial charge in [-0.25, -0.2) is 10.9 Å². The van der Waals surface area contributed by atoms with Crippen LogP contribution in [0.3, 0.4) is 0 Å². The highest BCUT2D eigenvalue weighted by atomic mass is 79.9. The molecule has 0 spiro atoms. The number of hydrazone groups is 2. The number of rotatable bonds is 6. The molecule has 3 rings (SSSR count). The van der Waals surface area contributed by atoms with Crippen LogP contribution in [-0.2, 0) is 0 Å². The van der Waals surface area contributed by atoms with Crippen LogP contribution in [0.2, 0.25) is 0 Å². The van der Waals surface area contributed by atoms with Crippen molar-refractivity contribution in [2.75, 3.05) is 0 Å². The Morgan fingerprint density at radius 3 is 1.37 bits per heavy atom. The maximum absolute atomic E-state index is 12.0. The van der Waals surface area contributed by atoms with E-state index in [1.165, 1.54) is 0 Å². The SMILES string of the molecule is CC(=NNC(=O)c1ccc(Br)o1)c1ccc(C(C)=NNC(=O)c2ccc(Br)o2)cc1. The molecule has 154 valence electrons. The summed E-state index contributed by atoms with van der Waals surface area (Å²) in [5.74, 6) is -0.577. The molecule has 0 bridgehead atoms. The molecule has 0 saturated heterocycles. The lowest BCUT2D eigenvalue weighted by molar-refractivity contribution is 0.0918. The lowest BCUT2D eigenvalue weighted by Crippen LogP contribution is -2.19. The van der Waals surface area contributed by atoms with Gasteiger partial charge in [-0.2, -0.15) is 10.2 Å². The Labute approximate surface area is 188 Å². The number of nitrogens with zero attached hydrogens (tertiary/aromatic N) is 2. The molecular weight excluding hydrogens is 520 g/mol. The summed E-state index contributed by atoms with van der Waals surface area (Å²) in [6.45, 7) is 3.55. The van der Waals surface area contributed by atoms with Crippen LogP contribution >= 0.6 is 31.9 Å². The zero-order chi connectivity index (χ0) is 21.7. The fourth-order valence-corrected chi connectivity index (χ4v) is 2.95. The van der Waals surface area contributed by atoms with Crippen molar-refractivity contribution in [2.24, 2.45) is 10.2 Å². The van der Waals surface area contributed by atoms with Crippen molar-refractivity contribution in [2.45, 2.75) is 13.8 Å². The van der Waals surface area contributed by atoms with Crippen LogP contribution < -0.4 is 10.9 Å². The van der Waals surface area contributed by atoms with E-state index in [9.17, 15) is 9.59 Å². The number of carbonyl (C=O) groups excluding carboxylic acids is 2. The van der Waals surface area contributed by atoms with E-state index in [1.54, 1.807) is 38.1 Å². The Kier molecular flexibility index (Phi) is 7.01. The summed E-state index contributed by atoms with van der Waals surface area (Å²) in [6.07, 6.45) is 0. The Hall–Kier alpha value is -2.98. The number of hydrogen-bond donors (Lipinski definition) is 2. The average Bonchev–Trinajstić information content (AvgIpc) is 3.38. The van der Waals surface area contributed by atoms with E-state index >= 15 is 0 Å². The van der Waals surface area contributed by atoms with Gasteiger partial charge in [0.15, 0.2) is 20.9 Å². The normalized spacial score (nSPS) is 12.0. The summed E-state index contributed by atoms with van der Waals surface area (Å²) in [6, 6.07) is 13.7. The highest BCUT2D eigenvalue weighted by Crippen LogP contribution is 2.15. The Morgan fingerprint density at radius 2 is 1.07 bits per heavy atom. The molecule has 1 aromatic carbocycles. The van der Waals surface area contributed by atoms with Crippen molar-refractivity contribution >= 4 is 55.1 Å². The first-order chi connectivity index (χ1) is 14.3. The van der Waals surface area contributed by atoms with Crippen molar-refractivity contribution in [3.05, 3.63) is 80.5 Å². The fraction of sp³-hybridized carbons (Fsp3) is 0.100. The van der Waals surface area contributed by atoms with Gasteiger partial charge in [-0.1, -0.05) is 24.3 Å². The number of benzene rings is 1. The van der Waals surface area contributed by atoms with Gasteiger partial charge in [0.2, 0.25) is 0 Å². The van der Waals surface area contributed by atoms with Crippen molar-refractivity contribution < 1.29 is 18.4 Å². The molecule has 10 heteroatoms. The first-order valence-electron chi connectivity index (χ1n) is 8.64. The molecule has 0 saturated carbocycles. The number of furan rings is 2. The number of hydrogen-bond acceptors (Lipinski definition) is 6. The molecule has 30 heavy (non-hydrogen) atoms. The van der Waals surface area contributed by atoms with Crippen LogP contribution in [0.5, 0.6) is 0 Å². The first kappa shape index (κ1) is 21.7. The van der Waals surface area contributed by atoms with Crippen molar-refractivity contribution in [1.82, 2.24) is 10.9 Å². The summed E-state index contributed by atoms with van der Waals surface area (Å²) in [4.78, 5) is 24.0. The highest BCUT2D eigenvalue weighted by molar-refractivity contribution is 9.10. The second kappa shape index (κ2) is 9.68. The van der Waals surface area contributed by atoms with Crippen molar-refractivity contribution in [3.8, 4) is 0 Å². The zero-order valence-corrected chi connectivity index (χ0v) is 19.1. The largest absolute Gasteiger partial charge is 0.444 e.